The average molecular weight is 399 g/mol. The minimum Gasteiger partial charge on any atom is -0.333 e. The number of Topliss-reactive ketones (excluding diaryl/α,β-unsaturated/α-hetero) is 1. The van der Waals surface area contributed by atoms with E-state index >= 15 is 0 Å². The van der Waals surface area contributed by atoms with E-state index in [9.17, 15) is 9.59 Å². The van der Waals surface area contributed by atoms with Crippen molar-refractivity contribution in [2.24, 2.45) is 0 Å². The Morgan fingerprint density at radius 2 is 2.08 bits per heavy atom. The number of carbonyl (C=O) groups is 2. The van der Waals surface area contributed by atoms with Crippen LogP contribution in [0, 0.1) is 0 Å². The third-order valence-electron chi connectivity index (χ3n) is 4.16. The Balaban J connectivity index is 0.00000225. The molecule has 0 saturated carbocycles. The van der Waals surface area contributed by atoms with Gasteiger partial charge < -0.3 is 10.2 Å². The first-order chi connectivity index (χ1) is 11.6. The van der Waals surface area contributed by atoms with E-state index in [4.69, 9.17) is 11.6 Å². The summed E-state index contributed by atoms with van der Waals surface area (Å²) in [6.07, 6.45) is 0.499. The normalized spacial score (nSPS) is 17.0. The fraction of sp³-hybridized carbons (Fsp3) is 0.333. The van der Waals surface area contributed by atoms with Crippen LogP contribution in [0.4, 0.5) is 0 Å². The van der Waals surface area contributed by atoms with Crippen molar-refractivity contribution in [2.45, 2.75) is 18.9 Å². The Morgan fingerprint density at radius 1 is 1.24 bits per heavy atom. The van der Waals surface area contributed by atoms with E-state index < -0.39 is 0 Å². The van der Waals surface area contributed by atoms with Crippen molar-refractivity contribution in [3.63, 3.8) is 0 Å². The van der Waals surface area contributed by atoms with Crippen molar-refractivity contribution in [3.8, 4) is 0 Å². The number of ketones is 1. The van der Waals surface area contributed by atoms with E-state index in [1.807, 2.05) is 40.6 Å². The Morgan fingerprint density at radius 3 is 2.80 bits per heavy atom. The Bertz CT molecular complexity index is 722. The predicted octanol–water partition coefficient (Wildman–Crippen LogP) is 3.96. The number of hydrogen-bond donors (Lipinski definition) is 1. The molecule has 0 radical (unpaired) electrons. The van der Waals surface area contributed by atoms with Gasteiger partial charge in [0, 0.05) is 37.5 Å². The molecule has 1 aliphatic rings. The number of nitrogens with zero attached hydrogens (tertiary/aromatic N) is 1. The molecule has 1 saturated heterocycles. The van der Waals surface area contributed by atoms with E-state index in [0.717, 1.165) is 17.0 Å². The Labute approximate surface area is 162 Å². The molecule has 1 aromatic heterocycles. The van der Waals surface area contributed by atoms with Gasteiger partial charge in [-0.3, -0.25) is 9.59 Å². The van der Waals surface area contributed by atoms with Gasteiger partial charge in [0.2, 0.25) is 5.91 Å². The summed E-state index contributed by atoms with van der Waals surface area (Å²) in [6, 6.07) is 11.2. The summed E-state index contributed by atoms with van der Waals surface area (Å²) >= 11 is 7.50. The van der Waals surface area contributed by atoms with Crippen LogP contribution in [0.15, 0.2) is 41.8 Å². The molecule has 1 amide bonds. The van der Waals surface area contributed by atoms with Gasteiger partial charge in [-0.1, -0.05) is 29.8 Å². The standard InChI is InChI=1S/C18H19ClN2O2S.ClH/c19-14-4-1-3-13(11-14)15-12-20-8-9-21(15)18(23)7-6-16(22)17-5-2-10-24-17;/h1-5,10-11,15,20H,6-9,12H2;1H. The van der Waals surface area contributed by atoms with E-state index in [2.05, 4.69) is 5.32 Å². The van der Waals surface area contributed by atoms with E-state index in [-0.39, 0.29) is 43.0 Å². The zero-order chi connectivity index (χ0) is 16.9. The Kier molecular flexibility index (Phi) is 7.44. The smallest absolute Gasteiger partial charge is 0.223 e. The maximum atomic E-state index is 12.7. The molecular formula is C18H20Cl2N2O2S. The second-order valence-electron chi connectivity index (χ2n) is 5.76. The average Bonchev–Trinajstić information content (AvgIpc) is 3.14. The second-order valence-corrected chi connectivity index (χ2v) is 7.15. The maximum absolute atomic E-state index is 12.7. The number of carbonyl (C=O) groups excluding carboxylic acids is 2. The van der Waals surface area contributed by atoms with Crippen LogP contribution in [-0.4, -0.2) is 36.2 Å². The van der Waals surface area contributed by atoms with Crippen molar-refractivity contribution in [3.05, 3.63) is 57.2 Å². The molecular weight excluding hydrogens is 379 g/mol. The highest BCUT2D eigenvalue weighted by atomic mass is 35.5. The quantitative estimate of drug-likeness (QED) is 0.775. The lowest BCUT2D eigenvalue weighted by Crippen LogP contribution is -2.48. The van der Waals surface area contributed by atoms with Gasteiger partial charge in [-0.15, -0.1) is 23.7 Å². The van der Waals surface area contributed by atoms with Crippen LogP contribution in [-0.2, 0) is 4.79 Å². The summed E-state index contributed by atoms with van der Waals surface area (Å²) in [5.41, 5.74) is 1.02. The van der Waals surface area contributed by atoms with Gasteiger partial charge in [-0.05, 0) is 29.1 Å². The molecule has 0 aliphatic carbocycles. The molecule has 0 spiro atoms. The number of piperazine rings is 1. The van der Waals surface area contributed by atoms with Crippen molar-refractivity contribution in [1.82, 2.24) is 10.2 Å². The van der Waals surface area contributed by atoms with Crippen LogP contribution in [0.2, 0.25) is 5.02 Å². The van der Waals surface area contributed by atoms with Gasteiger partial charge in [0.1, 0.15) is 0 Å². The highest BCUT2D eigenvalue weighted by molar-refractivity contribution is 7.12. The van der Waals surface area contributed by atoms with Gasteiger partial charge in [-0.25, -0.2) is 0 Å². The summed E-state index contributed by atoms with van der Waals surface area (Å²) in [5.74, 6) is 0.0548. The monoisotopic (exact) mass is 398 g/mol. The van der Waals surface area contributed by atoms with E-state index in [1.165, 1.54) is 11.3 Å². The van der Waals surface area contributed by atoms with Crippen molar-refractivity contribution >= 4 is 47.0 Å². The molecule has 3 rings (SSSR count). The summed E-state index contributed by atoms with van der Waals surface area (Å²) in [4.78, 5) is 27.3. The van der Waals surface area contributed by atoms with Crippen LogP contribution in [0.3, 0.4) is 0 Å². The Hall–Kier alpha value is -1.40. The molecule has 1 unspecified atom stereocenters. The number of halogens is 2. The van der Waals surface area contributed by atoms with Gasteiger partial charge in [0.25, 0.3) is 0 Å². The van der Waals surface area contributed by atoms with Crippen molar-refractivity contribution < 1.29 is 9.59 Å². The summed E-state index contributed by atoms with van der Waals surface area (Å²) in [5, 5.41) is 5.86. The van der Waals surface area contributed by atoms with Crippen LogP contribution in [0.5, 0.6) is 0 Å². The molecule has 1 fully saturated rings. The highest BCUT2D eigenvalue weighted by Crippen LogP contribution is 2.25. The molecule has 1 atom stereocenters. The van der Waals surface area contributed by atoms with Gasteiger partial charge >= 0.3 is 0 Å². The lowest BCUT2D eigenvalue weighted by atomic mass is 10.0. The molecule has 7 heteroatoms. The van der Waals surface area contributed by atoms with Crippen LogP contribution >= 0.6 is 35.3 Å². The molecule has 1 aromatic carbocycles. The number of benzene rings is 1. The molecule has 134 valence electrons. The lowest BCUT2D eigenvalue weighted by molar-refractivity contribution is -0.134. The first-order valence-electron chi connectivity index (χ1n) is 7.97. The first kappa shape index (κ1) is 19.9. The molecule has 4 nitrogen and oxygen atoms in total. The number of nitrogens with one attached hydrogen (secondary N) is 1. The molecule has 2 heterocycles. The molecule has 2 aromatic rings. The summed E-state index contributed by atoms with van der Waals surface area (Å²) in [6.45, 7) is 2.11. The summed E-state index contributed by atoms with van der Waals surface area (Å²) in [7, 11) is 0. The zero-order valence-electron chi connectivity index (χ0n) is 13.6. The summed E-state index contributed by atoms with van der Waals surface area (Å²) < 4.78 is 0. The van der Waals surface area contributed by atoms with Gasteiger partial charge in [-0.2, -0.15) is 0 Å². The largest absolute Gasteiger partial charge is 0.333 e. The van der Waals surface area contributed by atoms with E-state index in [1.54, 1.807) is 6.07 Å². The first-order valence-corrected chi connectivity index (χ1v) is 9.23. The van der Waals surface area contributed by atoms with Crippen LogP contribution in [0.25, 0.3) is 0 Å². The SMILES string of the molecule is Cl.O=C(CCC(=O)N1CCNCC1c1cccc(Cl)c1)c1cccs1. The van der Waals surface area contributed by atoms with Crippen molar-refractivity contribution in [2.75, 3.05) is 19.6 Å². The minimum absolute atomic E-state index is 0. The van der Waals surface area contributed by atoms with Crippen molar-refractivity contribution in [1.29, 1.82) is 0 Å². The molecule has 1 N–H and O–H groups in total. The fourth-order valence-electron chi connectivity index (χ4n) is 2.94. The van der Waals surface area contributed by atoms with E-state index in [0.29, 0.717) is 18.1 Å². The number of rotatable bonds is 5. The number of hydrogen-bond acceptors (Lipinski definition) is 4. The fourth-order valence-corrected chi connectivity index (χ4v) is 3.83. The lowest BCUT2D eigenvalue weighted by Gasteiger charge is -2.36. The molecule has 0 bridgehead atoms. The zero-order valence-corrected chi connectivity index (χ0v) is 16.0. The van der Waals surface area contributed by atoms with Gasteiger partial charge in [0.05, 0.1) is 10.9 Å². The maximum Gasteiger partial charge on any atom is 0.223 e. The molecule has 25 heavy (non-hydrogen) atoms. The molecule has 1 aliphatic heterocycles. The second kappa shape index (κ2) is 9.34. The number of amides is 1. The topological polar surface area (TPSA) is 49.4 Å². The van der Waals surface area contributed by atoms with Crippen LogP contribution < -0.4 is 5.32 Å². The third kappa shape index (κ3) is 5.05. The number of thiophene rings is 1. The highest BCUT2D eigenvalue weighted by Gasteiger charge is 2.28. The van der Waals surface area contributed by atoms with Gasteiger partial charge in [0.15, 0.2) is 5.78 Å². The van der Waals surface area contributed by atoms with Crippen LogP contribution in [0.1, 0.15) is 34.1 Å². The predicted molar refractivity (Wildman–Crippen MR) is 104 cm³/mol. The minimum atomic E-state index is -0.0400. The third-order valence-corrected chi connectivity index (χ3v) is 5.31.